The molecule has 124 valence electrons. The maximum absolute atomic E-state index is 13.3. The number of ketones is 1. The number of aryl methyl sites for hydroxylation is 2. The van der Waals surface area contributed by atoms with Gasteiger partial charge >= 0.3 is 0 Å². The Labute approximate surface area is 146 Å². The topological polar surface area (TPSA) is 46.2 Å². The molecule has 0 saturated heterocycles. The summed E-state index contributed by atoms with van der Waals surface area (Å²) in [5, 5.41) is 3.11. The van der Waals surface area contributed by atoms with Gasteiger partial charge in [0.2, 0.25) is 5.91 Å². The van der Waals surface area contributed by atoms with Crippen molar-refractivity contribution >= 4 is 33.3 Å². The van der Waals surface area contributed by atoms with Crippen LogP contribution in [0.25, 0.3) is 0 Å². The molecule has 2 saturated carbocycles. The second-order valence-electron chi connectivity index (χ2n) is 7.93. The Kier molecular flexibility index (Phi) is 3.57. The predicted octanol–water partition coefficient (Wildman–Crippen LogP) is 4.40. The molecule has 2 aliphatic carbocycles. The average molecular weight is 378 g/mol. The van der Waals surface area contributed by atoms with Crippen molar-refractivity contribution in [2.24, 2.45) is 16.2 Å². The molecule has 1 aromatic rings. The number of rotatable bonds is 2. The molecule has 3 unspecified atom stereocenters. The zero-order chi connectivity index (χ0) is 17.2. The van der Waals surface area contributed by atoms with Gasteiger partial charge in [0.1, 0.15) is 0 Å². The number of nitrogens with one attached hydrogen (secondary N) is 1. The number of carbonyl (C=O) groups excluding carboxylic acids is 2. The number of fused-ring (bicyclic) bond motifs is 2. The lowest BCUT2D eigenvalue weighted by Crippen LogP contribution is -2.48. The molecule has 23 heavy (non-hydrogen) atoms. The fraction of sp³-hybridized carbons (Fsp3) is 0.579. The zero-order valence-corrected chi connectivity index (χ0v) is 16.0. The van der Waals surface area contributed by atoms with Crippen LogP contribution in [0.4, 0.5) is 5.69 Å². The minimum absolute atomic E-state index is 0.0346. The first-order valence-electron chi connectivity index (χ1n) is 8.15. The normalized spacial score (nSPS) is 34.7. The van der Waals surface area contributed by atoms with Gasteiger partial charge < -0.3 is 5.32 Å². The molecule has 0 aliphatic heterocycles. The van der Waals surface area contributed by atoms with Gasteiger partial charge in [0.15, 0.2) is 5.78 Å². The van der Waals surface area contributed by atoms with Crippen molar-refractivity contribution in [1.82, 2.24) is 0 Å². The van der Waals surface area contributed by atoms with Crippen molar-refractivity contribution in [1.29, 1.82) is 0 Å². The van der Waals surface area contributed by atoms with Crippen molar-refractivity contribution in [3.05, 3.63) is 29.3 Å². The van der Waals surface area contributed by atoms with E-state index in [4.69, 9.17) is 0 Å². The molecule has 1 amide bonds. The molecule has 2 bridgehead atoms. The first-order chi connectivity index (χ1) is 10.6. The maximum Gasteiger partial charge on any atom is 0.232 e. The minimum atomic E-state index is -0.685. The second kappa shape index (κ2) is 4.92. The van der Waals surface area contributed by atoms with E-state index < -0.39 is 15.7 Å². The number of Topliss-reactive ketones (excluding diaryl/α,β-unsaturated/α-hetero) is 1. The van der Waals surface area contributed by atoms with Crippen molar-refractivity contribution in [2.45, 2.75) is 52.3 Å². The third-order valence-corrected chi connectivity index (χ3v) is 7.96. The molecule has 3 rings (SSSR count). The summed E-state index contributed by atoms with van der Waals surface area (Å²) in [4.78, 5) is 25.6. The van der Waals surface area contributed by atoms with Crippen molar-refractivity contribution in [2.75, 3.05) is 5.32 Å². The monoisotopic (exact) mass is 377 g/mol. The summed E-state index contributed by atoms with van der Waals surface area (Å²) in [6.07, 6.45) is 1.52. The Morgan fingerprint density at radius 1 is 1.22 bits per heavy atom. The minimum Gasteiger partial charge on any atom is -0.325 e. The highest BCUT2D eigenvalue weighted by Gasteiger charge is 2.76. The molecular weight excluding hydrogens is 354 g/mol. The molecule has 3 atom stereocenters. The van der Waals surface area contributed by atoms with Crippen LogP contribution in [-0.4, -0.2) is 16.5 Å². The van der Waals surface area contributed by atoms with E-state index in [9.17, 15) is 9.59 Å². The summed E-state index contributed by atoms with van der Waals surface area (Å²) < 4.78 is 0. The molecule has 0 radical (unpaired) electrons. The number of amides is 1. The highest BCUT2D eigenvalue weighted by molar-refractivity contribution is 9.10. The van der Waals surface area contributed by atoms with Crippen LogP contribution >= 0.6 is 15.9 Å². The largest absolute Gasteiger partial charge is 0.325 e. The lowest BCUT2D eigenvalue weighted by Gasteiger charge is -2.39. The molecule has 0 aromatic heterocycles. The number of alkyl halides is 1. The van der Waals surface area contributed by atoms with E-state index in [1.807, 2.05) is 39.0 Å². The van der Waals surface area contributed by atoms with Crippen LogP contribution in [0.3, 0.4) is 0 Å². The third kappa shape index (κ3) is 1.87. The van der Waals surface area contributed by atoms with E-state index in [2.05, 4.69) is 35.1 Å². The fourth-order valence-corrected chi connectivity index (χ4v) is 6.07. The highest BCUT2D eigenvalue weighted by Crippen LogP contribution is 2.72. The van der Waals surface area contributed by atoms with Gasteiger partial charge in [-0.15, -0.1) is 0 Å². The molecule has 1 aromatic carbocycles. The Balaban J connectivity index is 2.02. The zero-order valence-electron chi connectivity index (χ0n) is 14.4. The molecule has 0 heterocycles. The van der Waals surface area contributed by atoms with E-state index in [-0.39, 0.29) is 17.1 Å². The van der Waals surface area contributed by atoms with E-state index in [1.54, 1.807) is 0 Å². The molecule has 1 N–H and O–H groups in total. The van der Waals surface area contributed by atoms with Gasteiger partial charge in [-0.3, -0.25) is 9.59 Å². The van der Waals surface area contributed by atoms with Crippen LogP contribution in [0.5, 0.6) is 0 Å². The van der Waals surface area contributed by atoms with Crippen LogP contribution in [0.1, 0.15) is 44.7 Å². The summed E-state index contributed by atoms with van der Waals surface area (Å²) in [5.74, 6) is 0.137. The number of carbonyl (C=O) groups is 2. The van der Waals surface area contributed by atoms with Gasteiger partial charge in [0.25, 0.3) is 0 Å². The van der Waals surface area contributed by atoms with Crippen molar-refractivity contribution in [3.63, 3.8) is 0 Å². The van der Waals surface area contributed by atoms with E-state index in [0.29, 0.717) is 0 Å². The first-order valence-corrected chi connectivity index (χ1v) is 9.06. The number of benzene rings is 1. The van der Waals surface area contributed by atoms with Gasteiger partial charge in [-0.2, -0.15) is 0 Å². The maximum atomic E-state index is 13.3. The van der Waals surface area contributed by atoms with Crippen molar-refractivity contribution in [3.8, 4) is 0 Å². The standard InChI is InChI=1S/C19H24BrNO2/c1-11-6-7-12(2)13(10-11)21-16(23)19-9-8-18(5,17(19,3)4)15(22)14(19)20/h6-7,10,14H,8-9H2,1-5H3,(H,21,23). The fourth-order valence-electron chi connectivity index (χ4n) is 4.56. The molecule has 3 nitrogen and oxygen atoms in total. The average Bonchev–Trinajstić information content (AvgIpc) is 2.75. The van der Waals surface area contributed by atoms with Gasteiger partial charge in [-0.05, 0) is 49.3 Å². The predicted molar refractivity (Wildman–Crippen MR) is 95.8 cm³/mol. The number of halogens is 1. The summed E-state index contributed by atoms with van der Waals surface area (Å²) in [5.41, 5.74) is 1.50. The lowest BCUT2D eigenvalue weighted by atomic mass is 9.64. The van der Waals surface area contributed by atoms with Gasteiger partial charge in [0.05, 0.1) is 10.2 Å². The Morgan fingerprint density at radius 2 is 1.87 bits per heavy atom. The Morgan fingerprint density at radius 3 is 2.43 bits per heavy atom. The molecule has 4 heteroatoms. The molecule has 0 spiro atoms. The highest BCUT2D eigenvalue weighted by atomic mass is 79.9. The number of hydrogen-bond acceptors (Lipinski definition) is 2. The second-order valence-corrected chi connectivity index (χ2v) is 8.84. The summed E-state index contributed by atoms with van der Waals surface area (Å²) in [6.45, 7) is 10.2. The number of hydrogen-bond donors (Lipinski definition) is 1. The first kappa shape index (κ1) is 16.7. The van der Waals surface area contributed by atoms with Gasteiger partial charge in [0, 0.05) is 11.1 Å². The summed E-state index contributed by atoms with van der Waals surface area (Å²) in [7, 11) is 0. The van der Waals surface area contributed by atoms with Crippen molar-refractivity contribution < 1.29 is 9.59 Å². The Hall–Kier alpha value is -1.16. The molecular formula is C19H24BrNO2. The van der Waals surface area contributed by atoms with E-state index >= 15 is 0 Å². The summed E-state index contributed by atoms with van der Waals surface area (Å²) in [6, 6.07) is 6.04. The van der Waals surface area contributed by atoms with Gasteiger partial charge in [-0.1, -0.05) is 48.8 Å². The molecule has 2 aliphatic rings. The smallest absolute Gasteiger partial charge is 0.232 e. The summed E-state index contributed by atoms with van der Waals surface area (Å²) >= 11 is 3.57. The Bertz CT molecular complexity index is 711. The van der Waals surface area contributed by atoms with Crippen LogP contribution in [0.15, 0.2) is 18.2 Å². The lowest BCUT2D eigenvalue weighted by molar-refractivity contribution is -0.130. The number of anilines is 1. The quantitative estimate of drug-likeness (QED) is 0.776. The third-order valence-electron chi connectivity index (χ3n) is 6.77. The van der Waals surface area contributed by atoms with Crippen LogP contribution in [-0.2, 0) is 9.59 Å². The van der Waals surface area contributed by atoms with Crippen LogP contribution < -0.4 is 5.32 Å². The molecule has 2 fully saturated rings. The van der Waals surface area contributed by atoms with Gasteiger partial charge in [-0.25, -0.2) is 0 Å². The van der Waals surface area contributed by atoms with E-state index in [0.717, 1.165) is 29.7 Å². The van der Waals surface area contributed by atoms with E-state index in [1.165, 1.54) is 0 Å². The SMILES string of the molecule is Cc1ccc(C)c(NC(=O)C23CCC(C)(C(=O)C2Br)C3(C)C)c1. The van der Waals surface area contributed by atoms with Crippen LogP contribution in [0, 0.1) is 30.1 Å². The van der Waals surface area contributed by atoms with Crippen LogP contribution in [0.2, 0.25) is 0 Å².